The third kappa shape index (κ3) is 7.24. The number of carbonyl (C=O) groups is 3. The van der Waals surface area contributed by atoms with E-state index in [2.05, 4.69) is 10.2 Å². The number of methoxy groups -OCH3 is 1. The molecule has 240 valence electrons. The first-order chi connectivity index (χ1) is 21.9. The van der Waals surface area contributed by atoms with Crippen LogP contribution in [0.25, 0.3) is 6.08 Å². The molecule has 2 heterocycles. The summed E-state index contributed by atoms with van der Waals surface area (Å²) in [7, 11) is 1.27. The van der Waals surface area contributed by atoms with Crippen LogP contribution in [0.4, 0.5) is 35.0 Å². The van der Waals surface area contributed by atoms with Crippen molar-refractivity contribution in [2.75, 3.05) is 50.2 Å². The van der Waals surface area contributed by atoms with Gasteiger partial charge in [-0.1, -0.05) is 18.2 Å². The van der Waals surface area contributed by atoms with Gasteiger partial charge in [0.1, 0.15) is 6.54 Å². The van der Waals surface area contributed by atoms with Gasteiger partial charge < -0.3 is 24.4 Å². The summed E-state index contributed by atoms with van der Waals surface area (Å²) in [5, 5.41) is 13.6. The van der Waals surface area contributed by atoms with Crippen LogP contribution in [0.3, 0.4) is 0 Å². The maximum Gasteiger partial charge on any atom is 0.416 e. The number of nitro benzene ring substituents is 1. The number of ether oxygens (including phenoxy) is 3. The standard InChI is InChI=1S/C30H25F3N4O8S/c1-43-25-14-18(6-8-24(25)45-23-9-7-19(30(31,32)33)16-22(23)37(41)42)15-26-28(39)36(29(40)46-26)17-27(38)34-20-4-2-3-5-21(20)35-10-12-44-13-11-35/h2-9,14-16H,10-13,17H2,1H3,(H,34,38)/b26-15+. The van der Waals surface area contributed by atoms with Gasteiger partial charge in [-0.25, -0.2) is 0 Å². The first-order valence-electron chi connectivity index (χ1n) is 13.6. The Morgan fingerprint density at radius 1 is 1.07 bits per heavy atom. The zero-order valence-electron chi connectivity index (χ0n) is 24.0. The van der Waals surface area contributed by atoms with Gasteiger partial charge in [0.05, 0.1) is 47.1 Å². The van der Waals surface area contributed by atoms with Gasteiger partial charge in [0, 0.05) is 19.2 Å². The van der Waals surface area contributed by atoms with Crippen molar-refractivity contribution in [3.8, 4) is 17.2 Å². The Kier molecular flexibility index (Phi) is 9.48. The summed E-state index contributed by atoms with van der Waals surface area (Å²) in [6.45, 7) is 1.88. The molecule has 46 heavy (non-hydrogen) atoms. The van der Waals surface area contributed by atoms with Crippen LogP contribution in [0.1, 0.15) is 11.1 Å². The Morgan fingerprint density at radius 2 is 1.78 bits per heavy atom. The van der Waals surface area contributed by atoms with E-state index >= 15 is 0 Å². The molecule has 2 aliphatic heterocycles. The molecular weight excluding hydrogens is 633 g/mol. The van der Waals surface area contributed by atoms with Gasteiger partial charge in [0.25, 0.3) is 11.1 Å². The summed E-state index contributed by atoms with van der Waals surface area (Å²) in [4.78, 5) is 52.1. The van der Waals surface area contributed by atoms with Gasteiger partial charge in [-0.3, -0.25) is 29.4 Å². The van der Waals surface area contributed by atoms with Gasteiger partial charge in [-0.2, -0.15) is 13.2 Å². The van der Waals surface area contributed by atoms with Gasteiger partial charge in [0.2, 0.25) is 11.7 Å². The monoisotopic (exact) mass is 658 g/mol. The second-order valence-corrected chi connectivity index (χ2v) is 10.9. The number of benzene rings is 3. The topological polar surface area (TPSA) is 141 Å². The molecule has 2 saturated heterocycles. The Bertz CT molecular complexity index is 1730. The van der Waals surface area contributed by atoms with E-state index in [1.165, 1.54) is 31.4 Å². The maximum atomic E-state index is 13.1. The number of halogens is 3. The molecule has 5 rings (SSSR count). The first kappa shape index (κ1) is 32.3. The van der Waals surface area contributed by atoms with E-state index in [1.54, 1.807) is 12.1 Å². The number of amides is 3. The molecule has 0 spiro atoms. The summed E-state index contributed by atoms with van der Waals surface area (Å²) in [6, 6.07) is 13.3. The summed E-state index contributed by atoms with van der Waals surface area (Å²) in [5.74, 6) is -1.71. The lowest BCUT2D eigenvalue weighted by Gasteiger charge is -2.30. The minimum Gasteiger partial charge on any atom is -0.493 e. The number of thioether (sulfide) groups is 1. The number of anilines is 2. The smallest absolute Gasteiger partial charge is 0.416 e. The van der Waals surface area contributed by atoms with Crippen LogP contribution in [0, 0.1) is 10.1 Å². The third-order valence-electron chi connectivity index (χ3n) is 6.89. The molecule has 0 radical (unpaired) electrons. The molecule has 2 fully saturated rings. The number of hydrogen-bond acceptors (Lipinski definition) is 10. The van der Waals surface area contributed by atoms with E-state index in [0.717, 1.165) is 16.7 Å². The number of para-hydroxylation sites is 2. The van der Waals surface area contributed by atoms with Crippen LogP contribution in [0.15, 0.2) is 65.6 Å². The summed E-state index contributed by atoms with van der Waals surface area (Å²) >= 11 is 0.637. The van der Waals surface area contributed by atoms with Crippen molar-refractivity contribution in [2.45, 2.75) is 6.18 Å². The van der Waals surface area contributed by atoms with Crippen LogP contribution < -0.4 is 19.7 Å². The quantitative estimate of drug-likeness (QED) is 0.167. The van der Waals surface area contributed by atoms with Crippen molar-refractivity contribution in [3.05, 3.63) is 86.8 Å². The molecule has 0 atom stereocenters. The fourth-order valence-electron chi connectivity index (χ4n) is 4.68. The number of nitrogens with zero attached hydrogens (tertiary/aromatic N) is 3. The number of nitrogens with one attached hydrogen (secondary N) is 1. The predicted molar refractivity (Wildman–Crippen MR) is 162 cm³/mol. The minimum atomic E-state index is -4.79. The molecule has 3 amide bonds. The molecule has 2 aliphatic rings. The molecular formula is C30H25F3N4O8S. The molecule has 0 aromatic heterocycles. The van der Waals surface area contributed by atoms with Gasteiger partial charge in [-0.05, 0) is 59.8 Å². The van der Waals surface area contributed by atoms with E-state index in [-0.39, 0.29) is 16.4 Å². The SMILES string of the molecule is COc1cc(/C=C2/SC(=O)N(CC(=O)Nc3ccccc3N3CCOCC3)C2=O)ccc1Oc1ccc(C(F)(F)F)cc1[N+](=O)[O-]. The Morgan fingerprint density at radius 3 is 2.48 bits per heavy atom. The lowest BCUT2D eigenvalue weighted by Crippen LogP contribution is -2.38. The molecule has 16 heteroatoms. The highest BCUT2D eigenvalue weighted by atomic mass is 32.2. The zero-order valence-corrected chi connectivity index (χ0v) is 24.9. The molecule has 12 nitrogen and oxygen atoms in total. The highest BCUT2D eigenvalue weighted by Crippen LogP contribution is 2.41. The Labute approximate surface area is 263 Å². The number of hydrogen-bond donors (Lipinski definition) is 1. The van der Waals surface area contributed by atoms with Crippen LogP contribution in [0.2, 0.25) is 0 Å². The maximum absolute atomic E-state index is 13.1. The normalized spacial score (nSPS) is 16.1. The average Bonchev–Trinajstić information content (AvgIpc) is 3.29. The highest BCUT2D eigenvalue weighted by Gasteiger charge is 2.37. The predicted octanol–water partition coefficient (Wildman–Crippen LogP) is 5.93. The largest absolute Gasteiger partial charge is 0.493 e. The molecule has 0 unspecified atom stereocenters. The van der Waals surface area contributed by atoms with Crippen LogP contribution in [-0.4, -0.2) is 66.8 Å². The number of alkyl halides is 3. The number of rotatable bonds is 9. The molecule has 3 aromatic carbocycles. The fourth-order valence-corrected chi connectivity index (χ4v) is 5.52. The summed E-state index contributed by atoms with van der Waals surface area (Å²) < 4.78 is 55.4. The van der Waals surface area contributed by atoms with E-state index in [0.29, 0.717) is 61.4 Å². The van der Waals surface area contributed by atoms with E-state index < -0.39 is 51.7 Å². The first-order valence-corrected chi connectivity index (χ1v) is 14.4. The van der Waals surface area contributed by atoms with Crippen LogP contribution in [-0.2, 0) is 20.5 Å². The van der Waals surface area contributed by atoms with Crippen molar-refractivity contribution in [3.63, 3.8) is 0 Å². The number of morpholine rings is 1. The van der Waals surface area contributed by atoms with Crippen molar-refractivity contribution in [2.24, 2.45) is 0 Å². The molecule has 1 N–H and O–H groups in total. The second-order valence-electron chi connectivity index (χ2n) is 9.88. The Hall–Kier alpha value is -5.09. The summed E-state index contributed by atoms with van der Waals surface area (Å²) in [6.07, 6.45) is -3.40. The summed E-state index contributed by atoms with van der Waals surface area (Å²) in [5.41, 5.74) is -0.405. The van der Waals surface area contributed by atoms with Gasteiger partial charge in [0.15, 0.2) is 11.5 Å². The van der Waals surface area contributed by atoms with Gasteiger partial charge >= 0.3 is 11.9 Å². The van der Waals surface area contributed by atoms with E-state index in [1.807, 2.05) is 12.1 Å². The van der Waals surface area contributed by atoms with E-state index in [4.69, 9.17) is 14.2 Å². The second kappa shape index (κ2) is 13.5. The van der Waals surface area contributed by atoms with Crippen LogP contribution >= 0.6 is 11.8 Å². The lowest BCUT2D eigenvalue weighted by molar-refractivity contribution is -0.385. The fraction of sp³-hybridized carbons (Fsp3) is 0.233. The average molecular weight is 659 g/mol. The van der Waals surface area contributed by atoms with Crippen molar-refractivity contribution in [1.29, 1.82) is 0 Å². The highest BCUT2D eigenvalue weighted by molar-refractivity contribution is 8.18. The minimum absolute atomic E-state index is 0.0283. The van der Waals surface area contributed by atoms with E-state index in [9.17, 15) is 37.7 Å². The molecule has 0 saturated carbocycles. The number of imide groups is 1. The Balaban J connectivity index is 1.29. The number of carbonyl (C=O) groups excluding carboxylic acids is 3. The van der Waals surface area contributed by atoms with Crippen molar-refractivity contribution < 1.29 is 46.7 Å². The molecule has 0 bridgehead atoms. The third-order valence-corrected chi connectivity index (χ3v) is 7.80. The number of nitro groups is 1. The lowest BCUT2D eigenvalue weighted by atomic mass is 10.1. The van der Waals surface area contributed by atoms with Crippen molar-refractivity contribution in [1.82, 2.24) is 4.90 Å². The molecule has 3 aromatic rings. The zero-order chi connectivity index (χ0) is 33.0. The van der Waals surface area contributed by atoms with Crippen molar-refractivity contribution >= 4 is 52.0 Å². The molecule has 0 aliphatic carbocycles. The van der Waals surface area contributed by atoms with Crippen LogP contribution in [0.5, 0.6) is 17.2 Å². The van der Waals surface area contributed by atoms with Gasteiger partial charge in [-0.15, -0.1) is 0 Å².